The highest BCUT2D eigenvalue weighted by Crippen LogP contribution is 2.55. The number of aliphatic hydroxyl groups excluding tert-OH is 1. The molecule has 1 aromatic carbocycles. The maximum atomic E-state index is 10.9. The summed E-state index contributed by atoms with van der Waals surface area (Å²) in [5.41, 5.74) is 1.81. The molecule has 1 unspecified atom stereocenters. The first-order chi connectivity index (χ1) is 12.7. The van der Waals surface area contributed by atoms with Gasteiger partial charge in [0.25, 0.3) is 0 Å². The maximum Gasteiger partial charge on any atom is 0.127 e. The van der Waals surface area contributed by atoms with Crippen molar-refractivity contribution in [1.29, 1.82) is 0 Å². The molecule has 1 saturated carbocycles. The fourth-order valence-electron chi connectivity index (χ4n) is 5.26. The average molecular weight is 375 g/mol. The van der Waals surface area contributed by atoms with Crippen LogP contribution in [0.2, 0.25) is 0 Å². The molecule has 0 amide bonds. The van der Waals surface area contributed by atoms with Gasteiger partial charge in [-0.25, -0.2) is 0 Å². The van der Waals surface area contributed by atoms with Crippen LogP contribution in [0.5, 0.6) is 11.5 Å². The maximum absolute atomic E-state index is 10.9. The second-order valence-electron chi connectivity index (χ2n) is 9.99. The molecule has 0 saturated heterocycles. The largest absolute Gasteiger partial charge is 0.508 e. The summed E-state index contributed by atoms with van der Waals surface area (Å²) >= 11 is 0. The molecular formula is C24H38O3. The molecule has 1 aromatic rings. The number of phenolic OH excluding ortho intramolecular Hbond substituents is 1. The number of hydrogen-bond donors (Lipinski definition) is 2. The number of aliphatic hydroxyl groups is 1. The molecule has 1 aliphatic carbocycles. The zero-order valence-corrected chi connectivity index (χ0v) is 17.8. The van der Waals surface area contributed by atoms with E-state index >= 15 is 0 Å². The monoisotopic (exact) mass is 374 g/mol. The molecule has 27 heavy (non-hydrogen) atoms. The minimum atomic E-state index is -0.276. The van der Waals surface area contributed by atoms with Crippen LogP contribution in [0.1, 0.15) is 103 Å². The van der Waals surface area contributed by atoms with Gasteiger partial charge in [-0.2, -0.15) is 0 Å². The second kappa shape index (κ2) is 7.66. The Morgan fingerprint density at radius 3 is 2.59 bits per heavy atom. The third-order valence-electron chi connectivity index (χ3n) is 7.02. The van der Waals surface area contributed by atoms with Crippen molar-refractivity contribution in [3.63, 3.8) is 0 Å². The Morgan fingerprint density at radius 1 is 1.15 bits per heavy atom. The molecule has 0 radical (unpaired) electrons. The molecule has 1 aliphatic heterocycles. The van der Waals surface area contributed by atoms with E-state index < -0.39 is 0 Å². The SMILES string of the molecule is CCCCCCC(C)(C)c1cc(O)c2c(c1)OC(C)(C)[C@H]1CCC(O)C[C@@H]21. The first-order valence-corrected chi connectivity index (χ1v) is 10.9. The highest BCUT2D eigenvalue weighted by atomic mass is 16.5. The van der Waals surface area contributed by atoms with Gasteiger partial charge in [0, 0.05) is 17.4 Å². The summed E-state index contributed by atoms with van der Waals surface area (Å²) in [4.78, 5) is 0. The van der Waals surface area contributed by atoms with E-state index in [2.05, 4.69) is 40.7 Å². The van der Waals surface area contributed by atoms with Crippen LogP contribution in [0.4, 0.5) is 0 Å². The van der Waals surface area contributed by atoms with Gasteiger partial charge in [-0.05, 0) is 62.6 Å². The Balaban J connectivity index is 1.91. The van der Waals surface area contributed by atoms with Crippen molar-refractivity contribution in [2.45, 2.75) is 109 Å². The van der Waals surface area contributed by atoms with E-state index in [1.807, 2.05) is 6.07 Å². The minimum Gasteiger partial charge on any atom is -0.508 e. The Morgan fingerprint density at radius 2 is 1.89 bits per heavy atom. The lowest BCUT2D eigenvalue weighted by Crippen LogP contribution is -2.47. The topological polar surface area (TPSA) is 49.7 Å². The zero-order chi connectivity index (χ0) is 19.8. The Bertz CT molecular complexity index is 662. The quantitative estimate of drug-likeness (QED) is 0.595. The van der Waals surface area contributed by atoms with E-state index in [4.69, 9.17) is 4.74 Å². The van der Waals surface area contributed by atoms with Gasteiger partial charge in [0.05, 0.1) is 6.10 Å². The van der Waals surface area contributed by atoms with Crippen LogP contribution in [0.3, 0.4) is 0 Å². The first-order valence-electron chi connectivity index (χ1n) is 10.9. The van der Waals surface area contributed by atoms with Crippen LogP contribution in [0, 0.1) is 5.92 Å². The second-order valence-corrected chi connectivity index (χ2v) is 9.99. The van der Waals surface area contributed by atoms with E-state index in [1.165, 1.54) is 25.7 Å². The lowest BCUT2D eigenvalue weighted by Gasteiger charge is -2.48. The number of unbranched alkanes of at least 4 members (excludes halogenated alkanes) is 3. The Hall–Kier alpha value is -1.22. The van der Waals surface area contributed by atoms with E-state index in [0.717, 1.165) is 42.6 Å². The van der Waals surface area contributed by atoms with Gasteiger partial charge in [-0.15, -0.1) is 0 Å². The first kappa shape index (κ1) is 20.5. The molecule has 0 spiro atoms. The molecule has 152 valence electrons. The van der Waals surface area contributed by atoms with E-state index in [-0.39, 0.29) is 23.0 Å². The van der Waals surface area contributed by atoms with Crippen LogP contribution in [-0.2, 0) is 5.41 Å². The molecule has 3 nitrogen and oxygen atoms in total. The summed E-state index contributed by atoms with van der Waals surface area (Å²) in [6.07, 6.45) is 8.34. The summed E-state index contributed by atoms with van der Waals surface area (Å²) in [6.45, 7) is 11.1. The molecule has 3 rings (SSSR count). The van der Waals surface area contributed by atoms with E-state index in [1.54, 1.807) is 0 Å². The van der Waals surface area contributed by atoms with Crippen LogP contribution in [0.25, 0.3) is 0 Å². The van der Waals surface area contributed by atoms with Gasteiger partial charge in [0.1, 0.15) is 17.1 Å². The number of aromatic hydroxyl groups is 1. The molecule has 1 heterocycles. The van der Waals surface area contributed by atoms with Crippen molar-refractivity contribution < 1.29 is 14.9 Å². The normalized spacial score (nSPS) is 26.8. The summed E-state index contributed by atoms with van der Waals surface area (Å²) in [5, 5.41) is 21.2. The molecule has 2 aliphatic rings. The predicted octanol–water partition coefficient (Wildman–Crippen LogP) is 6.06. The third kappa shape index (κ3) is 4.13. The van der Waals surface area contributed by atoms with Gasteiger partial charge in [0.15, 0.2) is 0 Å². The highest BCUT2D eigenvalue weighted by Gasteiger charge is 2.47. The van der Waals surface area contributed by atoms with Crippen LogP contribution in [0.15, 0.2) is 12.1 Å². The third-order valence-corrected chi connectivity index (χ3v) is 7.02. The molecule has 0 aromatic heterocycles. The summed E-state index contributed by atoms with van der Waals surface area (Å²) < 4.78 is 6.44. The van der Waals surface area contributed by atoms with E-state index in [9.17, 15) is 10.2 Å². The van der Waals surface area contributed by atoms with Gasteiger partial charge >= 0.3 is 0 Å². The number of benzene rings is 1. The zero-order valence-electron chi connectivity index (χ0n) is 17.8. The molecule has 3 heteroatoms. The van der Waals surface area contributed by atoms with Gasteiger partial charge in [-0.1, -0.05) is 46.5 Å². The molecule has 2 N–H and O–H groups in total. The fourth-order valence-corrected chi connectivity index (χ4v) is 5.26. The molecule has 1 fully saturated rings. The predicted molar refractivity (Wildman–Crippen MR) is 111 cm³/mol. The van der Waals surface area contributed by atoms with Gasteiger partial charge in [0.2, 0.25) is 0 Å². The summed E-state index contributed by atoms with van der Waals surface area (Å²) in [6, 6.07) is 4.12. The van der Waals surface area contributed by atoms with Gasteiger partial charge in [-0.3, -0.25) is 0 Å². The van der Waals surface area contributed by atoms with Crippen molar-refractivity contribution >= 4 is 0 Å². The van der Waals surface area contributed by atoms with Crippen LogP contribution >= 0.6 is 0 Å². The Labute approximate surface area is 165 Å². The minimum absolute atomic E-state index is 0.0106. The summed E-state index contributed by atoms with van der Waals surface area (Å²) in [7, 11) is 0. The van der Waals surface area contributed by atoms with Crippen LogP contribution < -0.4 is 4.74 Å². The van der Waals surface area contributed by atoms with Gasteiger partial charge < -0.3 is 14.9 Å². The number of ether oxygens (including phenoxy) is 1. The molecular weight excluding hydrogens is 336 g/mol. The Kier molecular flexibility index (Phi) is 5.82. The van der Waals surface area contributed by atoms with Crippen molar-refractivity contribution in [2.24, 2.45) is 5.92 Å². The number of fused-ring (bicyclic) bond motifs is 3. The highest BCUT2D eigenvalue weighted by molar-refractivity contribution is 5.53. The fraction of sp³-hybridized carbons (Fsp3) is 0.750. The molecule has 3 atom stereocenters. The van der Waals surface area contributed by atoms with E-state index in [0.29, 0.717) is 11.7 Å². The lowest BCUT2D eigenvalue weighted by molar-refractivity contribution is -0.0318. The van der Waals surface area contributed by atoms with Crippen molar-refractivity contribution in [3.8, 4) is 11.5 Å². The average Bonchev–Trinajstić information content (AvgIpc) is 2.57. The summed E-state index contributed by atoms with van der Waals surface area (Å²) in [5.74, 6) is 1.69. The van der Waals surface area contributed by atoms with Crippen molar-refractivity contribution in [2.75, 3.05) is 0 Å². The smallest absolute Gasteiger partial charge is 0.127 e. The van der Waals surface area contributed by atoms with Crippen LogP contribution in [-0.4, -0.2) is 21.9 Å². The number of rotatable bonds is 6. The standard InChI is InChI=1S/C24H38O3/c1-6-7-8-9-12-23(2,3)16-13-20(26)22-18-15-17(25)10-11-19(18)24(4,5)27-21(22)14-16/h13-14,17-19,25-26H,6-12,15H2,1-5H3/t17?,18-,19+/m1/s1. The van der Waals surface area contributed by atoms with Crippen molar-refractivity contribution in [3.05, 3.63) is 23.3 Å². The van der Waals surface area contributed by atoms with Crippen molar-refractivity contribution in [1.82, 2.24) is 0 Å². The number of hydrogen-bond acceptors (Lipinski definition) is 3. The number of phenols is 1. The molecule has 0 bridgehead atoms. The lowest BCUT2D eigenvalue weighted by atomic mass is 9.65.